The van der Waals surface area contributed by atoms with E-state index in [1.807, 2.05) is 48.7 Å². The Kier molecular flexibility index (Phi) is 7.85. The number of carbonyl (C=O) groups is 1. The molecule has 0 fully saturated rings. The molecule has 2 heterocycles. The molecule has 1 aliphatic heterocycles. The Morgan fingerprint density at radius 3 is 2.68 bits per heavy atom. The molecule has 1 aromatic carbocycles. The Morgan fingerprint density at radius 1 is 1.25 bits per heavy atom. The van der Waals surface area contributed by atoms with E-state index >= 15 is 0 Å². The van der Waals surface area contributed by atoms with Gasteiger partial charge in [-0.25, -0.2) is 0 Å². The van der Waals surface area contributed by atoms with E-state index in [1.54, 1.807) is 7.05 Å². The number of aryl methyl sites for hydroxylation is 3. The largest absolute Gasteiger partial charge is 0.352 e. The number of aromatic nitrogens is 2. The van der Waals surface area contributed by atoms with E-state index in [9.17, 15) is 4.79 Å². The van der Waals surface area contributed by atoms with E-state index in [0.29, 0.717) is 12.5 Å². The van der Waals surface area contributed by atoms with Crippen LogP contribution in [0, 0.1) is 13.8 Å². The summed E-state index contributed by atoms with van der Waals surface area (Å²) in [5.41, 5.74) is 5.54. The monoisotopic (exact) mass is 496 g/mol. The SMILES string of the molecule is CN=C(NCC(=O)N1CCCc2ccccc21)NCc1c(C)nn(C)c1C.I. The number of amides is 1. The first-order chi connectivity index (χ1) is 13.0. The number of halogens is 1. The summed E-state index contributed by atoms with van der Waals surface area (Å²) in [5.74, 6) is 0.662. The fourth-order valence-electron chi connectivity index (χ4n) is 3.51. The minimum Gasteiger partial charge on any atom is -0.352 e. The number of carbonyl (C=O) groups excluding carboxylic acids is 1. The zero-order valence-electron chi connectivity index (χ0n) is 17.0. The summed E-state index contributed by atoms with van der Waals surface area (Å²) >= 11 is 0. The van der Waals surface area contributed by atoms with E-state index in [0.717, 1.165) is 42.0 Å². The minimum atomic E-state index is 0. The van der Waals surface area contributed by atoms with Crippen molar-refractivity contribution in [2.75, 3.05) is 25.0 Å². The fourth-order valence-corrected chi connectivity index (χ4v) is 3.51. The molecule has 152 valence electrons. The highest BCUT2D eigenvalue weighted by Crippen LogP contribution is 2.26. The van der Waals surface area contributed by atoms with Gasteiger partial charge in [-0.1, -0.05) is 18.2 Å². The van der Waals surface area contributed by atoms with Crippen LogP contribution in [-0.2, 0) is 24.8 Å². The summed E-state index contributed by atoms with van der Waals surface area (Å²) in [7, 11) is 3.65. The van der Waals surface area contributed by atoms with Gasteiger partial charge in [0.1, 0.15) is 0 Å². The van der Waals surface area contributed by atoms with Crippen LogP contribution in [-0.4, -0.2) is 41.8 Å². The van der Waals surface area contributed by atoms with Crippen LogP contribution in [0.15, 0.2) is 29.3 Å². The van der Waals surface area contributed by atoms with Crippen LogP contribution in [0.25, 0.3) is 0 Å². The summed E-state index contributed by atoms with van der Waals surface area (Å²) in [6, 6.07) is 8.13. The number of aliphatic imine (C=N–C) groups is 1. The molecule has 0 radical (unpaired) electrons. The lowest BCUT2D eigenvalue weighted by molar-refractivity contribution is -0.117. The summed E-state index contributed by atoms with van der Waals surface area (Å²) in [6.45, 7) is 5.63. The van der Waals surface area contributed by atoms with Crippen molar-refractivity contribution in [2.24, 2.45) is 12.0 Å². The topological polar surface area (TPSA) is 74.6 Å². The average molecular weight is 496 g/mol. The second-order valence-corrected chi connectivity index (χ2v) is 6.83. The average Bonchev–Trinajstić information content (AvgIpc) is 2.93. The van der Waals surface area contributed by atoms with Gasteiger partial charge in [-0.05, 0) is 38.3 Å². The van der Waals surface area contributed by atoms with Crippen molar-refractivity contribution in [1.29, 1.82) is 0 Å². The van der Waals surface area contributed by atoms with Gasteiger partial charge in [0.2, 0.25) is 5.91 Å². The van der Waals surface area contributed by atoms with Crippen LogP contribution in [0.2, 0.25) is 0 Å². The van der Waals surface area contributed by atoms with E-state index in [2.05, 4.69) is 26.8 Å². The molecule has 2 aromatic rings. The minimum absolute atomic E-state index is 0. The number of rotatable bonds is 4. The predicted molar refractivity (Wildman–Crippen MR) is 123 cm³/mol. The van der Waals surface area contributed by atoms with Crippen molar-refractivity contribution in [3.63, 3.8) is 0 Å². The summed E-state index contributed by atoms with van der Waals surface area (Å²) in [6.07, 6.45) is 2.02. The molecule has 1 aromatic heterocycles. The third-order valence-corrected chi connectivity index (χ3v) is 5.13. The molecule has 0 bridgehead atoms. The molecule has 0 unspecified atom stereocenters. The highest BCUT2D eigenvalue weighted by atomic mass is 127. The van der Waals surface area contributed by atoms with Gasteiger partial charge in [0.15, 0.2) is 5.96 Å². The summed E-state index contributed by atoms with van der Waals surface area (Å²) < 4.78 is 1.87. The maximum Gasteiger partial charge on any atom is 0.246 e. The summed E-state index contributed by atoms with van der Waals surface area (Å²) in [4.78, 5) is 18.8. The van der Waals surface area contributed by atoms with Crippen molar-refractivity contribution in [3.8, 4) is 0 Å². The number of nitrogens with zero attached hydrogens (tertiary/aromatic N) is 4. The maximum atomic E-state index is 12.7. The first kappa shape index (κ1) is 22.2. The Bertz CT molecular complexity index is 860. The van der Waals surface area contributed by atoms with Gasteiger partial charge in [-0.15, -0.1) is 24.0 Å². The third-order valence-electron chi connectivity index (χ3n) is 5.13. The second kappa shape index (κ2) is 9.90. The van der Waals surface area contributed by atoms with Crippen molar-refractivity contribution in [1.82, 2.24) is 20.4 Å². The fraction of sp³-hybridized carbons (Fsp3) is 0.450. The molecule has 0 saturated heterocycles. The molecular weight excluding hydrogens is 467 g/mol. The molecular formula is C20H29IN6O. The highest BCUT2D eigenvalue weighted by molar-refractivity contribution is 14.0. The number of guanidine groups is 1. The Morgan fingerprint density at radius 2 is 2.00 bits per heavy atom. The van der Waals surface area contributed by atoms with E-state index in [4.69, 9.17) is 0 Å². The van der Waals surface area contributed by atoms with Crippen LogP contribution in [0.5, 0.6) is 0 Å². The quantitative estimate of drug-likeness (QED) is 0.387. The lowest BCUT2D eigenvalue weighted by atomic mass is 10.0. The normalized spacial score (nSPS) is 13.6. The molecule has 1 aliphatic rings. The number of benzene rings is 1. The van der Waals surface area contributed by atoms with Gasteiger partial charge in [0.25, 0.3) is 0 Å². The lowest BCUT2D eigenvalue weighted by Gasteiger charge is -2.29. The van der Waals surface area contributed by atoms with E-state index in [1.165, 1.54) is 5.56 Å². The van der Waals surface area contributed by atoms with Crippen LogP contribution >= 0.6 is 24.0 Å². The smallest absolute Gasteiger partial charge is 0.246 e. The van der Waals surface area contributed by atoms with Gasteiger partial charge >= 0.3 is 0 Å². The number of fused-ring (bicyclic) bond motifs is 1. The molecule has 0 aliphatic carbocycles. The number of anilines is 1. The second-order valence-electron chi connectivity index (χ2n) is 6.83. The first-order valence-electron chi connectivity index (χ1n) is 9.33. The molecule has 0 saturated carbocycles. The number of nitrogens with one attached hydrogen (secondary N) is 2. The van der Waals surface area contributed by atoms with E-state index in [-0.39, 0.29) is 36.4 Å². The van der Waals surface area contributed by atoms with Gasteiger partial charge < -0.3 is 15.5 Å². The zero-order valence-corrected chi connectivity index (χ0v) is 19.3. The molecule has 28 heavy (non-hydrogen) atoms. The first-order valence-corrected chi connectivity index (χ1v) is 9.33. The third kappa shape index (κ3) is 4.84. The molecule has 1 amide bonds. The molecule has 7 nitrogen and oxygen atoms in total. The molecule has 2 N–H and O–H groups in total. The van der Waals surface area contributed by atoms with Gasteiger partial charge in [-0.3, -0.25) is 14.5 Å². The van der Waals surface area contributed by atoms with Crippen molar-refractivity contribution in [2.45, 2.75) is 33.2 Å². The van der Waals surface area contributed by atoms with Gasteiger partial charge in [0, 0.05) is 44.1 Å². The van der Waals surface area contributed by atoms with Gasteiger partial charge in [0.05, 0.1) is 12.2 Å². The van der Waals surface area contributed by atoms with Crippen LogP contribution in [0.1, 0.15) is 28.9 Å². The lowest BCUT2D eigenvalue weighted by Crippen LogP contribution is -2.46. The molecule has 0 atom stereocenters. The molecule has 3 rings (SSSR count). The number of hydrogen-bond acceptors (Lipinski definition) is 3. The standard InChI is InChI=1S/C20H28N6O.HI/c1-14-17(15(2)25(4)24-14)12-22-20(21-3)23-13-19(27)26-11-7-9-16-8-5-6-10-18(16)26;/h5-6,8,10H,7,9,11-13H2,1-4H3,(H2,21,22,23);1H. The maximum absolute atomic E-state index is 12.7. The Hall–Kier alpha value is -2.10. The van der Waals surface area contributed by atoms with Crippen LogP contribution in [0.3, 0.4) is 0 Å². The number of hydrogen-bond donors (Lipinski definition) is 2. The molecule has 0 spiro atoms. The summed E-state index contributed by atoms with van der Waals surface area (Å²) in [5, 5.41) is 10.8. The van der Waals surface area contributed by atoms with Crippen molar-refractivity contribution < 1.29 is 4.79 Å². The number of para-hydroxylation sites is 1. The van der Waals surface area contributed by atoms with Crippen LogP contribution in [0.4, 0.5) is 5.69 Å². The van der Waals surface area contributed by atoms with Crippen LogP contribution < -0.4 is 15.5 Å². The Balaban J connectivity index is 0.00000280. The zero-order chi connectivity index (χ0) is 19.4. The predicted octanol–water partition coefficient (Wildman–Crippen LogP) is 2.30. The van der Waals surface area contributed by atoms with Crippen molar-refractivity contribution in [3.05, 3.63) is 46.8 Å². The highest BCUT2D eigenvalue weighted by Gasteiger charge is 2.22. The van der Waals surface area contributed by atoms with Gasteiger partial charge in [-0.2, -0.15) is 5.10 Å². The Labute approximate surface area is 183 Å². The van der Waals surface area contributed by atoms with E-state index < -0.39 is 0 Å². The molecule has 8 heteroatoms. The van der Waals surface area contributed by atoms with Crippen molar-refractivity contribution >= 4 is 41.5 Å².